The van der Waals surface area contributed by atoms with E-state index in [0.717, 1.165) is 0 Å². The molecular weight excluding hydrogens is 1560 g/mol. The van der Waals surface area contributed by atoms with Crippen LogP contribution in [-0.2, 0) is 5.41 Å². The summed E-state index contributed by atoms with van der Waals surface area (Å²) >= 11 is 0. The molecule has 0 amide bonds. The van der Waals surface area contributed by atoms with Crippen molar-refractivity contribution in [3.63, 3.8) is 0 Å². The maximum atomic E-state index is 2.38. The minimum absolute atomic E-state index is 0.0830. The molecule has 0 aliphatic carbocycles. The highest BCUT2D eigenvalue weighted by molar-refractivity contribution is 6.25. The fourth-order valence-electron chi connectivity index (χ4n) is 20.9. The molecule has 610 valence electrons. The molecule has 0 fully saturated rings. The van der Waals surface area contributed by atoms with Crippen molar-refractivity contribution in [1.29, 1.82) is 0 Å². The van der Waals surface area contributed by atoms with Crippen molar-refractivity contribution < 1.29 is 0 Å². The highest BCUT2D eigenvalue weighted by Gasteiger charge is 2.25. The highest BCUT2D eigenvalue weighted by atomic mass is 15.0. The van der Waals surface area contributed by atoms with Crippen LogP contribution in [0, 0.1) is 13.8 Å². The number of benzene rings is 22. The fraction of sp³-hybridized carbons (Fsp3) is 0.0476. The summed E-state index contributed by atoms with van der Waals surface area (Å²) in [4.78, 5) is 0. The number of aromatic nitrogens is 3. The zero-order chi connectivity index (χ0) is 86.4. The summed E-state index contributed by atoms with van der Waals surface area (Å²) in [6.45, 7) is 11.2. The topological polar surface area (TPSA) is 14.8 Å². The van der Waals surface area contributed by atoms with Gasteiger partial charge in [0.25, 0.3) is 0 Å². The van der Waals surface area contributed by atoms with Crippen molar-refractivity contribution in [1.82, 2.24) is 13.7 Å². The zero-order valence-corrected chi connectivity index (χ0v) is 72.7. The molecule has 0 saturated heterocycles. The van der Waals surface area contributed by atoms with Crippen molar-refractivity contribution in [3.05, 3.63) is 478 Å². The van der Waals surface area contributed by atoms with E-state index >= 15 is 0 Å². The molecular formula is C126H91N3. The molecule has 129 heavy (non-hydrogen) atoms. The van der Waals surface area contributed by atoms with Gasteiger partial charge in [-0.05, 0) is 251 Å². The molecule has 0 aliphatic rings. The highest BCUT2D eigenvalue weighted by Crippen LogP contribution is 2.50. The second-order valence-electron chi connectivity index (χ2n) is 35.3. The van der Waals surface area contributed by atoms with Crippen LogP contribution in [0.4, 0.5) is 0 Å². The van der Waals surface area contributed by atoms with Crippen molar-refractivity contribution in [2.75, 3.05) is 0 Å². The molecule has 0 atom stereocenters. The molecule has 3 nitrogen and oxygen atoms in total. The Morgan fingerprint density at radius 3 is 0.612 bits per heavy atom. The largest absolute Gasteiger partial charge is 0.309 e. The summed E-state index contributed by atoms with van der Waals surface area (Å²) < 4.78 is 7.15. The van der Waals surface area contributed by atoms with Crippen LogP contribution in [0.15, 0.2) is 461 Å². The van der Waals surface area contributed by atoms with Gasteiger partial charge in [-0.1, -0.05) is 409 Å². The maximum absolute atomic E-state index is 2.38. The number of para-hydroxylation sites is 6. The quantitative estimate of drug-likeness (QED) is 0.121. The lowest BCUT2D eigenvalue weighted by atomic mass is 9.82. The summed E-state index contributed by atoms with van der Waals surface area (Å²) in [5, 5.41) is 23.0. The van der Waals surface area contributed by atoms with Gasteiger partial charge in [0.1, 0.15) is 0 Å². The number of fused-ring (bicyclic) bond motifs is 15. The Morgan fingerprint density at radius 2 is 0.357 bits per heavy atom. The van der Waals surface area contributed by atoms with Gasteiger partial charge in [0, 0.05) is 49.4 Å². The van der Waals surface area contributed by atoms with Gasteiger partial charge in [0.05, 0.1) is 33.1 Å². The molecule has 25 aromatic rings. The van der Waals surface area contributed by atoms with Gasteiger partial charge in [-0.3, -0.25) is 0 Å². The Labute approximate surface area is 751 Å². The number of hydrogen-bond donors (Lipinski definition) is 0. The van der Waals surface area contributed by atoms with E-state index in [1.165, 1.54) is 242 Å². The zero-order valence-electron chi connectivity index (χ0n) is 72.7. The molecule has 0 spiro atoms. The lowest BCUT2D eigenvalue weighted by Gasteiger charge is -2.22. The summed E-state index contributed by atoms with van der Waals surface area (Å²) in [5.41, 5.74) is 32.7. The second-order valence-corrected chi connectivity index (χ2v) is 35.3. The first-order valence-electron chi connectivity index (χ1n) is 45.0. The molecule has 0 saturated carbocycles. The number of hydrogen-bond acceptors (Lipinski definition) is 0. The third-order valence-electron chi connectivity index (χ3n) is 26.8. The van der Waals surface area contributed by atoms with Gasteiger partial charge in [0.15, 0.2) is 0 Å². The molecule has 3 heterocycles. The first kappa shape index (κ1) is 77.6. The molecule has 22 aromatic carbocycles. The van der Waals surface area contributed by atoms with E-state index in [1.807, 2.05) is 0 Å². The van der Waals surface area contributed by atoms with Crippen LogP contribution >= 0.6 is 0 Å². The van der Waals surface area contributed by atoms with Crippen molar-refractivity contribution >= 4 is 130 Å². The van der Waals surface area contributed by atoms with E-state index in [-0.39, 0.29) is 5.41 Å². The second kappa shape index (κ2) is 32.1. The number of aryl methyl sites for hydroxylation is 2. The van der Waals surface area contributed by atoms with Gasteiger partial charge in [-0.2, -0.15) is 0 Å². The first-order chi connectivity index (χ1) is 63.5. The Kier molecular flexibility index (Phi) is 19.3. The number of nitrogens with zero attached hydrogens (tertiary/aromatic N) is 3. The average molecular weight is 1650 g/mol. The van der Waals surface area contributed by atoms with E-state index in [0.29, 0.717) is 0 Å². The SMILES string of the molecule is CC(C)(C)c1cccc(-c2c3ccccc3c(-c3ccc(-n4c5ccccc5c5ccccc54)cc3)c3ccccc23)c1.Cc1ccccc1-c1c2ccccc2c(-c2ccc(-n3c4ccccc4c4ccccc43)cc2)c2ccccc12.Cc1ccccc1-c1ccc(-c2c3ccccc3c(-c3ccc(-n4c5ccccc5c5ccccc54)cc3)c3ccccc23)cc1. The van der Waals surface area contributed by atoms with E-state index in [4.69, 9.17) is 0 Å². The van der Waals surface area contributed by atoms with Gasteiger partial charge in [-0.15, -0.1) is 0 Å². The van der Waals surface area contributed by atoms with Crippen LogP contribution in [0.5, 0.6) is 0 Å². The fourth-order valence-corrected chi connectivity index (χ4v) is 20.9. The van der Waals surface area contributed by atoms with E-state index in [2.05, 4.69) is 509 Å². The van der Waals surface area contributed by atoms with Crippen molar-refractivity contribution in [3.8, 4) is 95.0 Å². The van der Waals surface area contributed by atoms with Crippen molar-refractivity contribution in [2.45, 2.75) is 40.0 Å². The van der Waals surface area contributed by atoms with Crippen LogP contribution in [-0.4, -0.2) is 13.7 Å². The van der Waals surface area contributed by atoms with Crippen LogP contribution < -0.4 is 0 Å². The summed E-state index contributed by atoms with van der Waals surface area (Å²) in [6, 6.07) is 168. The number of rotatable bonds is 10. The monoisotopic (exact) mass is 1650 g/mol. The molecule has 0 unspecified atom stereocenters. The van der Waals surface area contributed by atoms with Crippen LogP contribution in [0.2, 0.25) is 0 Å². The van der Waals surface area contributed by atoms with Crippen molar-refractivity contribution in [2.24, 2.45) is 0 Å². The Hall–Kier alpha value is -16.2. The molecule has 3 heteroatoms. The third-order valence-corrected chi connectivity index (χ3v) is 26.8. The van der Waals surface area contributed by atoms with Gasteiger partial charge >= 0.3 is 0 Å². The van der Waals surface area contributed by atoms with Gasteiger partial charge in [0.2, 0.25) is 0 Å². The molecule has 0 aliphatic heterocycles. The minimum Gasteiger partial charge on any atom is -0.309 e. The first-order valence-corrected chi connectivity index (χ1v) is 45.0. The van der Waals surface area contributed by atoms with E-state index in [1.54, 1.807) is 0 Å². The third kappa shape index (κ3) is 13.3. The standard InChI is InChI=1S/C45H31N.C42H33N.C39H27N/c1-30-12-2-3-13-35(30)31-22-24-32(25-23-31)44-38-16-4-6-18-40(38)45(41-19-7-5-17-39(41)44)33-26-28-34(29-27-33)46-42-20-10-8-14-36(42)37-15-9-11-21-43(37)46;1-42(2,3)30-14-12-13-29(27-30)41-36-19-6-4-17-34(36)40(35-18-5-7-20-37(35)41)28-23-25-31(26-24-28)43-38-21-10-8-15-32(38)33-16-9-11-22-39(33)43;1-26-12-2-3-13-29(26)39-34-18-6-4-16-32(34)38(33-17-5-7-19-35(33)39)27-22-24-28(25-23-27)40-36-20-10-8-14-30(36)31-15-9-11-21-37(31)40/h2-29H,1H3;4-27H,1-3H3;2-25H,1H3. The lowest BCUT2D eigenvalue weighted by Crippen LogP contribution is -2.10. The van der Waals surface area contributed by atoms with Crippen LogP contribution in [0.1, 0.15) is 37.5 Å². The molecule has 0 radical (unpaired) electrons. The maximum Gasteiger partial charge on any atom is 0.0541 e. The van der Waals surface area contributed by atoms with E-state index in [9.17, 15) is 0 Å². The smallest absolute Gasteiger partial charge is 0.0541 e. The summed E-state index contributed by atoms with van der Waals surface area (Å²) in [7, 11) is 0. The Balaban J connectivity index is 0.000000111. The molecule has 0 bridgehead atoms. The average Bonchev–Trinajstić information content (AvgIpc) is 1.70. The van der Waals surface area contributed by atoms with E-state index < -0.39 is 0 Å². The van der Waals surface area contributed by atoms with Crippen LogP contribution in [0.3, 0.4) is 0 Å². The Bertz CT molecular complexity index is 8370. The molecule has 25 rings (SSSR count). The predicted octanol–water partition coefficient (Wildman–Crippen LogP) is 34.9. The predicted molar refractivity (Wildman–Crippen MR) is 554 cm³/mol. The van der Waals surface area contributed by atoms with Gasteiger partial charge in [-0.25, -0.2) is 0 Å². The van der Waals surface area contributed by atoms with Gasteiger partial charge < -0.3 is 13.7 Å². The normalized spacial score (nSPS) is 11.8. The molecule has 3 aromatic heterocycles. The van der Waals surface area contributed by atoms with Crippen LogP contribution in [0.25, 0.3) is 225 Å². The summed E-state index contributed by atoms with van der Waals surface area (Å²) in [5.74, 6) is 0. The Morgan fingerprint density at radius 1 is 0.155 bits per heavy atom. The molecule has 0 N–H and O–H groups in total. The minimum atomic E-state index is 0.0830. The summed E-state index contributed by atoms with van der Waals surface area (Å²) in [6.07, 6.45) is 0. The lowest BCUT2D eigenvalue weighted by molar-refractivity contribution is 0.590.